The molecule has 2 heterocycles. The van der Waals surface area contributed by atoms with Gasteiger partial charge in [0.05, 0.1) is 6.42 Å². The third-order valence-electron chi connectivity index (χ3n) is 4.78. The van der Waals surface area contributed by atoms with Gasteiger partial charge in [-0.05, 0) is 31.0 Å². The first-order valence-electron chi connectivity index (χ1n) is 9.41. The molecule has 1 amide bonds. The van der Waals surface area contributed by atoms with Gasteiger partial charge in [-0.1, -0.05) is 43.3 Å². The highest BCUT2D eigenvalue weighted by molar-refractivity contribution is 5.78. The standard InChI is InChI=1S/C22H24N4O2/c1-3-16(17-9-5-4-6-10-17)14-24-20(27)13-18-15(2)25-21(26-22(18)28)19-11-7-8-12-23-19/h4-12,16H,3,13-14H2,1-2H3,(H,24,27)(H,25,26,28). The lowest BCUT2D eigenvalue weighted by Crippen LogP contribution is -2.32. The van der Waals surface area contributed by atoms with Crippen LogP contribution >= 0.6 is 0 Å². The largest absolute Gasteiger partial charge is 0.355 e. The van der Waals surface area contributed by atoms with E-state index < -0.39 is 0 Å². The molecule has 0 fully saturated rings. The Kier molecular flexibility index (Phi) is 6.32. The van der Waals surface area contributed by atoms with Gasteiger partial charge >= 0.3 is 0 Å². The summed E-state index contributed by atoms with van der Waals surface area (Å²) in [6.07, 6.45) is 2.56. The molecule has 3 rings (SSSR count). The second-order valence-electron chi connectivity index (χ2n) is 6.69. The minimum Gasteiger partial charge on any atom is -0.355 e. The lowest BCUT2D eigenvalue weighted by molar-refractivity contribution is -0.120. The van der Waals surface area contributed by atoms with Crippen LogP contribution in [0.1, 0.15) is 36.1 Å². The van der Waals surface area contributed by atoms with E-state index in [4.69, 9.17) is 0 Å². The summed E-state index contributed by atoms with van der Waals surface area (Å²) >= 11 is 0. The molecular weight excluding hydrogens is 352 g/mol. The van der Waals surface area contributed by atoms with E-state index in [-0.39, 0.29) is 23.8 Å². The summed E-state index contributed by atoms with van der Waals surface area (Å²) in [4.78, 5) is 36.2. The molecule has 0 radical (unpaired) electrons. The number of carbonyl (C=O) groups excluding carboxylic acids is 1. The molecule has 0 spiro atoms. The highest BCUT2D eigenvalue weighted by atomic mass is 16.2. The monoisotopic (exact) mass is 376 g/mol. The van der Waals surface area contributed by atoms with Crippen molar-refractivity contribution in [2.45, 2.75) is 32.6 Å². The maximum absolute atomic E-state index is 12.5. The molecule has 144 valence electrons. The zero-order valence-electron chi connectivity index (χ0n) is 16.1. The van der Waals surface area contributed by atoms with E-state index in [1.54, 1.807) is 25.3 Å². The van der Waals surface area contributed by atoms with E-state index in [1.807, 2.05) is 24.3 Å². The molecule has 1 atom stereocenters. The van der Waals surface area contributed by atoms with Crippen molar-refractivity contribution < 1.29 is 4.79 Å². The van der Waals surface area contributed by atoms with Crippen LogP contribution in [0.4, 0.5) is 0 Å². The predicted molar refractivity (Wildman–Crippen MR) is 109 cm³/mol. The number of H-pyrrole nitrogens is 1. The maximum Gasteiger partial charge on any atom is 0.255 e. The molecule has 0 aliphatic rings. The zero-order chi connectivity index (χ0) is 19.9. The normalized spacial score (nSPS) is 11.8. The van der Waals surface area contributed by atoms with E-state index in [0.29, 0.717) is 29.3 Å². The number of carbonyl (C=O) groups is 1. The number of pyridine rings is 1. The van der Waals surface area contributed by atoms with E-state index in [0.717, 1.165) is 6.42 Å². The second kappa shape index (κ2) is 9.08. The summed E-state index contributed by atoms with van der Waals surface area (Å²) in [5.41, 5.74) is 2.39. The average molecular weight is 376 g/mol. The smallest absolute Gasteiger partial charge is 0.255 e. The summed E-state index contributed by atoms with van der Waals surface area (Å²) < 4.78 is 0. The molecule has 1 unspecified atom stereocenters. The quantitative estimate of drug-likeness (QED) is 0.664. The molecule has 1 aromatic carbocycles. The molecule has 0 bridgehead atoms. The number of rotatable bonds is 7. The van der Waals surface area contributed by atoms with Crippen LogP contribution in [0.5, 0.6) is 0 Å². The zero-order valence-corrected chi connectivity index (χ0v) is 16.1. The van der Waals surface area contributed by atoms with Crippen LogP contribution in [0.15, 0.2) is 59.5 Å². The molecular formula is C22H24N4O2. The number of amides is 1. The van der Waals surface area contributed by atoms with Gasteiger partial charge in [0, 0.05) is 29.9 Å². The minimum atomic E-state index is -0.307. The Labute approximate surface area is 164 Å². The third-order valence-corrected chi connectivity index (χ3v) is 4.78. The topological polar surface area (TPSA) is 87.7 Å². The van der Waals surface area contributed by atoms with Crippen LogP contribution in [-0.4, -0.2) is 27.4 Å². The number of hydrogen-bond acceptors (Lipinski definition) is 4. The molecule has 6 nitrogen and oxygen atoms in total. The number of aryl methyl sites for hydroxylation is 1. The molecule has 2 aromatic heterocycles. The predicted octanol–water partition coefficient (Wildman–Crippen LogP) is 2.99. The van der Waals surface area contributed by atoms with E-state index in [2.05, 4.69) is 39.3 Å². The van der Waals surface area contributed by atoms with Crippen LogP contribution in [0, 0.1) is 6.92 Å². The summed E-state index contributed by atoms with van der Waals surface area (Å²) in [6.45, 7) is 4.37. The van der Waals surface area contributed by atoms with Gasteiger partial charge in [-0.3, -0.25) is 14.6 Å². The fraction of sp³-hybridized carbons (Fsp3) is 0.273. The van der Waals surface area contributed by atoms with Crippen LogP contribution in [0.25, 0.3) is 11.5 Å². The van der Waals surface area contributed by atoms with Gasteiger partial charge < -0.3 is 10.3 Å². The Morgan fingerprint density at radius 2 is 1.89 bits per heavy atom. The number of nitrogens with zero attached hydrogens (tertiary/aromatic N) is 2. The lowest BCUT2D eigenvalue weighted by atomic mass is 9.96. The highest BCUT2D eigenvalue weighted by Crippen LogP contribution is 2.18. The van der Waals surface area contributed by atoms with Gasteiger partial charge in [0.1, 0.15) is 5.69 Å². The van der Waals surface area contributed by atoms with E-state index >= 15 is 0 Å². The lowest BCUT2D eigenvalue weighted by Gasteiger charge is -2.16. The fourth-order valence-corrected chi connectivity index (χ4v) is 3.13. The Morgan fingerprint density at radius 3 is 2.54 bits per heavy atom. The Morgan fingerprint density at radius 1 is 1.14 bits per heavy atom. The molecule has 3 aromatic rings. The minimum absolute atomic E-state index is 0.00187. The number of aromatic amines is 1. The maximum atomic E-state index is 12.5. The number of benzene rings is 1. The Hall–Kier alpha value is -3.28. The molecule has 0 saturated carbocycles. The Balaban J connectivity index is 1.68. The van der Waals surface area contributed by atoms with Gasteiger partial charge in [0.15, 0.2) is 5.82 Å². The van der Waals surface area contributed by atoms with Gasteiger partial charge in [-0.2, -0.15) is 0 Å². The summed E-state index contributed by atoms with van der Waals surface area (Å²) in [5, 5.41) is 2.95. The van der Waals surface area contributed by atoms with Crippen LogP contribution < -0.4 is 10.9 Å². The van der Waals surface area contributed by atoms with Crippen molar-refractivity contribution >= 4 is 5.91 Å². The summed E-state index contributed by atoms with van der Waals surface area (Å²) in [6, 6.07) is 15.5. The van der Waals surface area contributed by atoms with Crippen molar-refractivity contribution in [3.63, 3.8) is 0 Å². The third kappa shape index (κ3) is 4.71. The van der Waals surface area contributed by atoms with Crippen LogP contribution in [0.3, 0.4) is 0 Å². The van der Waals surface area contributed by atoms with Crippen molar-refractivity contribution in [2.24, 2.45) is 0 Å². The molecule has 0 aliphatic carbocycles. The highest BCUT2D eigenvalue weighted by Gasteiger charge is 2.15. The molecule has 6 heteroatoms. The molecule has 0 saturated heterocycles. The number of nitrogens with one attached hydrogen (secondary N) is 2. The average Bonchev–Trinajstić information content (AvgIpc) is 2.72. The summed E-state index contributed by atoms with van der Waals surface area (Å²) in [7, 11) is 0. The van der Waals surface area contributed by atoms with Gasteiger partial charge in [-0.25, -0.2) is 4.98 Å². The second-order valence-corrected chi connectivity index (χ2v) is 6.69. The molecule has 2 N–H and O–H groups in total. The van der Waals surface area contributed by atoms with Crippen molar-refractivity contribution in [3.8, 4) is 11.5 Å². The molecule has 0 aliphatic heterocycles. The van der Waals surface area contributed by atoms with E-state index in [1.165, 1.54) is 5.56 Å². The first-order chi connectivity index (χ1) is 13.6. The van der Waals surface area contributed by atoms with E-state index in [9.17, 15) is 9.59 Å². The van der Waals surface area contributed by atoms with Gasteiger partial charge in [-0.15, -0.1) is 0 Å². The van der Waals surface area contributed by atoms with Gasteiger partial charge in [0.2, 0.25) is 5.91 Å². The molecule has 28 heavy (non-hydrogen) atoms. The van der Waals surface area contributed by atoms with Crippen LogP contribution in [0.2, 0.25) is 0 Å². The fourth-order valence-electron chi connectivity index (χ4n) is 3.13. The van der Waals surface area contributed by atoms with Gasteiger partial charge in [0.25, 0.3) is 5.56 Å². The van der Waals surface area contributed by atoms with Crippen LogP contribution in [-0.2, 0) is 11.2 Å². The first kappa shape index (κ1) is 19.5. The summed E-state index contributed by atoms with van der Waals surface area (Å²) in [5.74, 6) is 0.465. The number of hydrogen-bond donors (Lipinski definition) is 2. The van der Waals surface area contributed by atoms with Crippen molar-refractivity contribution in [2.75, 3.05) is 6.54 Å². The van der Waals surface area contributed by atoms with Crippen molar-refractivity contribution in [1.82, 2.24) is 20.3 Å². The number of aromatic nitrogens is 3. The first-order valence-corrected chi connectivity index (χ1v) is 9.41. The van der Waals surface area contributed by atoms with Crippen molar-refractivity contribution in [3.05, 3.63) is 81.9 Å². The SMILES string of the molecule is CCC(CNC(=O)Cc1c(C)nc(-c2ccccn2)[nH]c1=O)c1ccccc1. The van der Waals surface area contributed by atoms with Crippen molar-refractivity contribution in [1.29, 1.82) is 0 Å². The Bertz CT molecular complexity index is 984.